The molecule has 0 fully saturated rings. The van der Waals surface area contributed by atoms with Gasteiger partial charge in [0.1, 0.15) is 6.20 Å². The molecule has 0 aliphatic carbocycles. The quantitative estimate of drug-likeness (QED) is 0.293. The molecule has 2 heterocycles. The second-order valence-electron chi connectivity index (χ2n) is 5.90. The number of hydrogen-bond acceptors (Lipinski definition) is 4. The molecular weight excluding hydrogens is 332 g/mol. The highest BCUT2D eigenvalue weighted by molar-refractivity contribution is 6.19. The molecule has 0 spiro atoms. The third-order valence-electron chi connectivity index (χ3n) is 4.11. The first kappa shape index (κ1) is 17.3. The zero-order valence-electron chi connectivity index (χ0n) is 14.5. The molecule has 2 aromatic heterocycles. The van der Waals surface area contributed by atoms with Crippen molar-refractivity contribution < 1.29 is 9.72 Å². The number of aryl methyl sites for hydroxylation is 1. The van der Waals surface area contributed by atoms with Crippen molar-refractivity contribution in [1.29, 1.82) is 0 Å². The predicted octanol–water partition coefficient (Wildman–Crippen LogP) is 3.83. The average Bonchev–Trinajstić information content (AvgIpc) is 3.14. The van der Waals surface area contributed by atoms with E-state index in [2.05, 4.69) is 11.6 Å². The van der Waals surface area contributed by atoms with Crippen LogP contribution in [0.3, 0.4) is 0 Å². The Morgan fingerprint density at radius 1 is 1.35 bits per heavy atom. The molecule has 26 heavy (non-hydrogen) atoms. The van der Waals surface area contributed by atoms with E-state index in [-0.39, 0.29) is 11.6 Å². The molecule has 3 rings (SSSR count). The molecule has 0 saturated carbocycles. The van der Waals surface area contributed by atoms with Crippen LogP contribution in [0.2, 0.25) is 0 Å². The summed E-state index contributed by atoms with van der Waals surface area (Å²) in [5.41, 5.74) is 2.20. The van der Waals surface area contributed by atoms with Crippen molar-refractivity contribution in [2.75, 3.05) is 0 Å². The van der Waals surface area contributed by atoms with Gasteiger partial charge >= 0.3 is 5.82 Å². The molecule has 7 heteroatoms. The Morgan fingerprint density at radius 3 is 2.69 bits per heavy atom. The Bertz CT molecular complexity index is 1060. The molecule has 0 amide bonds. The van der Waals surface area contributed by atoms with Gasteiger partial charge < -0.3 is 14.7 Å². The minimum Gasteiger partial charge on any atom is -0.358 e. The summed E-state index contributed by atoms with van der Waals surface area (Å²) in [6.45, 7) is 7.47. The number of carbonyl (C=O) groups is 1. The second kappa shape index (κ2) is 6.79. The summed E-state index contributed by atoms with van der Waals surface area (Å²) in [4.78, 5) is 26.6. The number of imidazole rings is 1. The fourth-order valence-corrected chi connectivity index (χ4v) is 2.96. The van der Waals surface area contributed by atoms with E-state index in [0.717, 1.165) is 16.5 Å². The average molecular weight is 350 g/mol. The van der Waals surface area contributed by atoms with Gasteiger partial charge in [0, 0.05) is 43.1 Å². The van der Waals surface area contributed by atoms with Crippen LogP contribution in [0.4, 0.5) is 5.82 Å². The molecule has 0 bridgehead atoms. The Balaban J connectivity index is 2.20. The van der Waals surface area contributed by atoms with E-state index in [1.54, 1.807) is 19.1 Å². The first-order valence-electron chi connectivity index (χ1n) is 8.04. The summed E-state index contributed by atoms with van der Waals surface area (Å²) in [6.07, 6.45) is 6.75. The standard InChI is InChI=1S/C19H18N4O3/c1-4-9-21-11-15(16-7-5-6-8-17(16)21)10-18(13(2)24)22-12-19(23(25)26)20-14(22)3/h4-8,10-12H,1,9H2,2-3H3/b18-10-. The zero-order chi connectivity index (χ0) is 18.8. The van der Waals surface area contributed by atoms with Crippen LogP contribution in [-0.2, 0) is 11.3 Å². The molecule has 0 saturated heterocycles. The Hall–Kier alpha value is -3.48. The lowest BCUT2D eigenvalue weighted by molar-refractivity contribution is -0.389. The van der Waals surface area contributed by atoms with Crippen molar-refractivity contribution in [3.8, 4) is 0 Å². The monoisotopic (exact) mass is 350 g/mol. The number of rotatable bonds is 6. The largest absolute Gasteiger partial charge is 0.382 e. The number of para-hydroxylation sites is 1. The normalized spacial score (nSPS) is 11.7. The number of nitrogens with zero attached hydrogens (tertiary/aromatic N) is 4. The second-order valence-corrected chi connectivity index (χ2v) is 5.90. The smallest absolute Gasteiger partial charge is 0.358 e. The number of nitro groups is 1. The maximum Gasteiger partial charge on any atom is 0.382 e. The number of aromatic nitrogens is 3. The number of carbonyl (C=O) groups excluding carboxylic acids is 1. The lowest BCUT2D eigenvalue weighted by Gasteiger charge is -2.04. The van der Waals surface area contributed by atoms with Gasteiger partial charge in [0.25, 0.3) is 0 Å². The molecule has 0 atom stereocenters. The van der Waals surface area contributed by atoms with Crippen LogP contribution in [0.5, 0.6) is 0 Å². The predicted molar refractivity (Wildman–Crippen MR) is 101 cm³/mol. The van der Waals surface area contributed by atoms with E-state index < -0.39 is 4.92 Å². The first-order chi connectivity index (χ1) is 12.4. The van der Waals surface area contributed by atoms with Crippen LogP contribution in [0.1, 0.15) is 18.3 Å². The number of allylic oxidation sites excluding steroid dienone is 2. The van der Waals surface area contributed by atoms with Gasteiger partial charge in [-0.2, -0.15) is 0 Å². The number of Topliss-reactive ketones (excluding diaryl/α,β-unsaturated/α-hetero) is 1. The highest BCUT2D eigenvalue weighted by Gasteiger charge is 2.20. The third kappa shape index (κ3) is 3.06. The van der Waals surface area contributed by atoms with E-state index in [9.17, 15) is 14.9 Å². The first-order valence-corrected chi connectivity index (χ1v) is 8.04. The summed E-state index contributed by atoms with van der Waals surface area (Å²) >= 11 is 0. The third-order valence-corrected chi connectivity index (χ3v) is 4.11. The fraction of sp³-hybridized carbons (Fsp3) is 0.158. The summed E-state index contributed by atoms with van der Waals surface area (Å²) < 4.78 is 3.50. The summed E-state index contributed by atoms with van der Waals surface area (Å²) in [5, 5.41) is 12.0. The van der Waals surface area contributed by atoms with Crippen LogP contribution >= 0.6 is 0 Å². The van der Waals surface area contributed by atoms with Gasteiger partial charge in [-0.25, -0.2) is 0 Å². The molecule has 0 radical (unpaired) electrons. The SMILES string of the molecule is C=CCn1cc(/C=C(/C(C)=O)n2cc([N+](=O)[O-])nc2C)c2ccccc21. The number of benzene rings is 1. The van der Waals surface area contributed by atoms with E-state index in [4.69, 9.17) is 0 Å². The van der Waals surface area contributed by atoms with E-state index in [1.165, 1.54) is 17.7 Å². The highest BCUT2D eigenvalue weighted by Crippen LogP contribution is 2.26. The summed E-state index contributed by atoms with van der Waals surface area (Å²) in [6, 6.07) is 7.85. The van der Waals surface area contributed by atoms with Gasteiger partial charge in [0.05, 0.1) is 5.70 Å². The lowest BCUT2D eigenvalue weighted by atomic mass is 10.1. The van der Waals surface area contributed by atoms with Gasteiger partial charge in [0.2, 0.25) is 5.82 Å². The van der Waals surface area contributed by atoms with Crippen LogP contribution in [0.15, 0.2) is 49.3 Å². The number of ketones is 1. The van der Waals surface area contributed by atoms with Gasteiger partial charge in [-0.1, -0.05) is 24.3 Å². The van der Waals surface area contributed by atoms with Crippen LogP contribution < -0.4 is 0 Å². The molecule has 0 aliphatic heterocycles. The zero-order valence-corrected chi connectivity index (χ0v) is 14.5. The van der Waals surface area contributed by atoms with Gasteiger partial charge in [-0.3, -0.25) is 9.36 Å². The van der Waals surface area contributed by atoms with E-state index in [1.807, 2.05) is 35.0 Å². The van der Waals surface area contributed by atoms with Gasteiger partial charge in [0.15, 0.2) is 5.78 Å². The van der Waals surface area contributed by atoms with Crippen LogP contribution in [0.25, 0.3) is 22.7 Å². The van der Waals surface area contributed by atoms with Crippen LogP contribution in [0, 0.1) is 17.0 Å². The van der Waals surface area contributed by atoms with Crippen molar-refractivity contribution in [3.63, 3.8) is 0 Å². The Morgan fingerprint density at radius 2 is 2.08 bits per heavy atom. The van der Waals surface area contributed by atoms with Crippen molar-refractivity contribution >= 4 is 34.3 Å². The van der Waals surface area contributed by atoms with Crippen molar-refractivity contribution in [3.05, 3.63) is 70.8 Å². The lowest BCUT2D eigenvalue weighted by Crippen LogP contribution is -2.06. The van der Waals surface area contributed by atoms with Crippen LogP contribution in [-0.4, -0.2) is 24.8 Å². The maximum atomic E-state index is 12.2. The van der Waals surface area contributed by atoms with E-state index >= 15 is 0 Å². The van der Waals surface area contributed by atoms with Gasteiger partial charge in [-0.05, 0) is 22.0 Å². The summed E-state index contributed by atoms with van der Waals surface area (Å²) in [5.74, 6) is -0.113. The molecule has 0 aliphatic rings. The minimum atomic E-state index is -0.572. The minimum absolute atomic E-state index is 0.207. The molecule has 1 aromatic carbocycles. The molecule has 0 unspecified atom stereocenters. The molecular formula is C19H18N4O3. The van der Waals surface area contributed by atoms with Crippen molar-refractivity contribution in [2.24, 2.45) is 0 Å². The molecule has 7 nitrogen and oxygen atoms in total. The number of fused-ring (bicyclic) bond motifs is 1. The highest BCUT2D eigenvalue weighted by atomic mass is 16.6. The topological polar surface area (TPSA) is 83.0 Å². The van der Waals surface area contributed by atoms with E-state index in [0.29, 0.717) is 18.1 Å². The maximum absolute atomic E-state index is 12.2. The Kier molecular flexibility index (Phi) is 4.53. The Labute approximate surface area is 150 Å². The van der Waals surface area contributed by atoms with Gasteiger partial charge in [-0.15, -0.1) is 6.58 Å². The van der Waals surface area contributed by atoms with Crippen molar-refractivity contribution in [1.82, 2.24) is 14.1 Å². The van der Waals surface area contributed by atoms with Crippen molar-refractivity contribution in [2.45, 2.75) is 20.4 Å². The number of hydrogen-bond donors (Lipinski definition) is 0. The fourth-order valence-electron chi connectivity index (χ4n) is 2.96. The molecule has 0 N–H and O–H groups in total. The molecule has 132 valence electrons. The summed E-state index contributed by atoms with van der Waals surface area (Å²) in [7, 11) is 0. The molecule has 3 aromatic rings.